The third kappa shape index (κ3) is 1.68. The average molecular weight is 149 g/mol. The van der Waals surface area contributed by atoms with Crippen molar-refractivity contribution in [2.45, 2.75) is 26.2 Å². The fourth-order valence-electron chi connectivity index (χ4n) is 1.03. The molecule has 1 aliphatic rings. The summed E-state index contributed by atoms with van der Waals surface area (Å²) < 4.78 is 12.5. The molecular formula is C7H10ClF. The normalized spacial score (nSPS) is 29.0. The smallest absolute Gasteiger partial charge is 0.114 e. The Bertz CT molecular complexity index is 140. The van der Waals surface area contributed by atoms with Crippen molar-refractivity contribution < 1.29 is 4.39 Å². The van der Waals surface area contributed by atoms with E-state index in [4.69, 9.17) is 11.6 Å². The van der Waals surface area contributed by atoms with Crippen LogP contribution in [0.4, 0.5) is 4.39 Å². The predicted octanol–water partition coefficient (Wildman–Crippen LogP) is 3.23. The van der Waals surface area contributed by atoms with Crippen molar-refractivity contribution >= 4 is 11.6 Å². The van der Waals surface area contributed by atoms with Crippen LogP contribution in [0.15, 0.2) is 10.9 Å². The molecule has 0 spiro atoms. The summed E-state index contributed by atoms with van der Waals surface area (Å²) in [5, 5.41) is 0.439. The molecule has 0 aliphatic heterocycles. The Hall–Kier alpha value is -0.0400. The Morgan fingerprint density at radius 1 is 1.67 bits per heavy atom. The van der Waals surface area contributed by atoms with E-state index < -0.39 is 0 Å². The molecule has 0 saturated carbocycles. The van der Waals surface area contributed by atoms with Crippen LogP contribution in [0, 0.1) is 5.92 Å². The first-order chi connectivity index (χ1) is 4.20. The summed E-state index contributed by atoms with van der Waals surface area (Å²) in [6, 6.07) is 0. The van der Waals surface area contributed by atoms with E-state index in [0.29, 0.717) is 17.4 Å². The van der Waals surface area contributed by atoms with Crippen molar-refractivity contribution in [1.29, 1.82) is 0 Å². The molecule has 2 heteroatoms. The van der Waals surface area contributed by atoms with Crippen LogP contribution in [0.2, 0.25) is 0 Å². The van der Waals surface area contributed by atoms with Gasteiger partial charge in [-0.1, -0.05) is 18.5 Å². The van der Waals surface area contributed by atoms with Gasteiger partial charge in [-0.2, -0.15) is 0 Å². The Kier molecular flexibility index (Phi) is 2.12. The molecule has 1 unspecified atom stereocenters. The molecule has 0 bridgehead atoms. The monoisotopic (exact) mass is 148 g/mol. The second-order valence-electron chi connectivity index (χ2n) is 2.66. The van der Waals surface area contributed by atoms with E-state index in [1.165, 1.54) is 0 Å². The maximum Gasteiger partial charge on any atom is 0.114 e. The highest BCUT2D eigenvalue weighted by Crippen LogP contribution is 2.31. The van der Waals surface area contributed by atoms with Gasteiger partial charge in [-0.3, -0.25) is 0 Å². The highest BCUT2D eigenvalue weighted by atomic mass is 35.5. The summed E-state index contributed by atoms with van der Waals surface area (Å²) in [6.07, 6.45) is 2.22. The van der Waals surface area contributed by atoms with Crippen LogP contribution in [0.3, 0.4) is 0 Å². The van der Waals surface area contributed by atoms with Gasteiger partial charge in [0.15, 0.2) is 0 Å². The maximum atomic E-state index is 12.5. The van der Waals surface area contributed by atoms with Crippen LogP contribution < -0.4 is 0 Å². The molecule has 0 aromatic heterocycles. The summed E-state index contributed by atoms with van der Waals surface area (Å²) >= 11 is 5.57. The zero-order valence-electron chi connectivity index (χ0n) is 5.45. The zero-order chi connectivity index (χ0) is 6.85. The lowest BCUT2D eigenvalue weighted by atomic mass is 9.96. The van der Waals surface area contributed by atoms with Gasteiger partial charge >= 0.3 is 0 Å². The predicted molar refractivity (Wildman–Crippen MR) is 37.0 cm³/mol. The Labute approximate surface area is 59.7 Å². The third-order valence-corrected chi connectivity index (χ3v) is 2.04. The van der Waals surface area contributed by atoms with Gasteiger partial charge in [-0.25, -0.2) is 4.39 Å². The van der Waals surface area contributed by atoms with Gasteiger partial charge in [-0.15, -0.1) is 0 Å². The van der Waals surface area contributed by atoms with Gasteiger partial charge in [0, 0.05) is 11.5 Å². The molecule has 52 valence electrons. The van der Waals surface area contributed by atoms with Crippen molar-refractivity contribution in [3.05, 3.63) is 10.9 Å². The summed E-state index contributed by atoms with van der Waals surface area (Å²) in [6.45, 7) is 2.09. The van der Waals surface area contributed by atoms with Crippen LogP contribution in [-0.2, 0) is 0 Å². The molecule has 0 aromatic rings. The minimum atomic E-state index is -0.102. The lowest BCUT2D eigenvalue weighted by molar-refractivity contribution is 0.445. The van der Waals surface area contributed by atoms with Crippen molar-refractivity contribution in [3.63, 3.8) is 0 Å². The molecule has 9 heavy (non-hydrogen) atoms. The number of hydrogen-bond donors (Lipinski definition) is 0. The van der Waals surface area contributed by atoms with E-state index in [2.05, 4.69) is 6.92 Å². The van der Waals surface area contributed by atoms with E-state index in [0.717, 1.165) is 12.8 Å². The van der Waals surface area contributed by atoms with Gasteiger partial charge in [0.1, 0.15) is 5.83 Å². The van der Waals surface area contributed by atoms with E-state index in [1.807, 2.05) is 0 Å². The van der Waals surface area contributed by atoms with Gasteiger partial charge in [-0.05, 0) is 18.8 Å². The molecule has 0 saturated heterocycles. The molecule has 0 fully saturated rings. The Morgan fingerprint density at radius 2 is 2.33 bits per heavy atom. The first kappa shape index (κ1) is 7.07. The van der Waals surface area contributed by atoms with Crippen LogP contribution >= 0.6 is 11.6 Å². The molecular weight excluding hydrogens is 139 g/mol. The molecule has 0 heterocycles. The van der Waals surface area contributed by atoms with Gasteiger partial charge in [0.05, 0.1) is 0 Å². The zero-order valence-corrected chi connectivity index (χ0v) is 6.21. The SMILES string of the molecule is CC1CCC(F)=C(Cl)C1. The molecule has 1 aliphatic carbocycles. The number of halogens is 2. The van der Waals surface area contributed by atoms with Crippen molar-refractivity contribution in [2.24, 2.45) is 5.92 Å². The number of hydrogen-bond acceptors (Lipinski definition) is 0. The Balaban J connectivity index is 2.61. The van der Waals surface area contributed by atoms with Crippen LogP contribution in [-0.4, -0.2) is 0 Å². The number of rotatable bonds is 0. The summed E-state index contributed by atoms with van der Waals surface area (Å²) in [5.74, 6) is 0.465. The standard InChI is InChI=1S/C7H10ClF/c1-5-2-3-7(9)6(8)4-5/h5H,2-4H2,1H3. The summed E-state index contributed by atoms with van der Waals surface area (Å²) in [7, 11) is 0. The molecule has 0 amide bonds. The average Bonchev–Trinajstić information content (AvgIpc) is 1.80. The first-order valence-corrected chi connectivity index (χ1v) is 3.61. The second-order valence-corrected chi connectivity index (χ2v) is 3.11. The minimum absolute atomic E-state index is 0.102. The van der Waals surface area contributed by atoms with Gasteiger partial charge in [0.25, 0.3) is 0 Å². The lowest BCUT2D eigenvalue weighted by Gasteiger charge is -2.15. The van der Waals surface area contributed by atoms with Crippen LogP contribution in [0.25, 0.3) is 0 Å². The third-order valence-electron chi connectivity index (χ3n) is 1.68. The molecule has 1 rings (SSSR count). The second kappa shape index (κ2) is 2.70. The molecule has 0 radical (unpaired) electrons. The Morgan fingerprint density at radius 3 is 2.78 bits per heavy atom. The fraction of sp³-hybridized carbons (Fsp3) is 0.714. The van der Waals surface area contributed by atoms with E-state index in [9.17, 15) is 4.39 Å². The van der Waals surface area contributed by atoms with Crippen molar-refractivity contribution in [3.8, 4) is 0 Å². The van der Waals surface area contributed by atoms with Crippen molar-refractivity contribution in [2.75, 3.05) is 0 Å². The largest absolute Gasteiger partial charge is 0.211 e. The lowest BCUT2D eigenvalue weighted by Crippen LogP contribution is -2.01. The van der Waals surface area contributed by atoms with Gasteiger partial charge < -0.3 is 0 Å². The molecule has 0 N–H and O–H groups in total. The minimum Gasteiger partial charge on any atom is -0.211 e. The molecule has 1 atom stereocenters. The number of allylic oxidation sites excluding steroid dienone is 2. The first-order valence-electron chi connectivity index (χ1n) is 3.23. The van der Waals surface area contributed by atoms with Crippen LogP contribution in [0.5, 0.6) is 0 Å². The van der Waals surface area contributed by atoms with Gasteiger partial charge in [0.2, 0.25) is 0 Å². The topological polar surface area (TPSA) is 0 Å². The van der Waals surface area contributed by atoms with E-state index in [-0.39, 0.29) is 5.83 Å². The summed E-state index contributed by atoms with van der Waals surface area (Å²) in [5.41, 5.74) is 0. The summed E-state index contributed by atoms with van der Waals surface area (Å²) in [4.78, 5) is 0. The highest BCUT2D eigenvalue weighted by Gasteiger charge is 2.15. The quantitative estimate of drug-likeness (QED) is 0.495. The maximum absolute atomic E-state index is 12.5. The van der Waals surface area contributed by atoms with E-state index in [1.54, 1.807) is 0 Å². The van der Waals surface area contributed by atoms with Crippen LogP contribution in [0.1, 0.15) is 26.2 Å². The molecule has 0 aromatic carbocycles. The van der Waals surface area contributed by atoms with Crippen molar-refractivity contribution in [1.82, 2.24) is 0 Å². The fourth-order valence-corrected chi connectivity index (χ4v) is 1.39. The molecule has 0 nitrogen and oxygen atoms in total. The van der Waals surface area contributed by atoms with E-state index >= 15 is 0 Å². The highest BCUT2D eigenvalue weighted by molar-refractivity contribution is 6.29.